The van der Waals surface area contributed by atoms with Crippen molar-refractivity contribution < 1.29 is 4.79 Å². The van der Waals surface area contributed by atoms with Crippen LogP contribution >= 0.6 is 0 Å². The molecule has 0 bridgehead atoms. The lowest BCUT2D eigenvalue weighted by Crippen LogP contribution is -2.31. The predicted molar refractivity (Wildman–Crippen MR) is 72.4 cm³/mol. The van der Waals surface area contributed by atoms with Crippen LogP contribution in [0.2, 0.25) is 0 Å². The van der Waals surface area contributed by atoms with Crippen molar-refractivity contribution in [2.45, 2.75) is 48.0 Å². The number of ketones is 1. The molecule has 0 amide bonds. The molecule has 1 aliphatic carbocycles. The Bertz CT molecular complexity index is 376. The Morgan fingerprint density at radius 2 is 1.82 bits per heavy atom. The van der Waals surface area contributed by atoms with E-state index in [2.05, 4.69) is 53.4 Å². The first-order chi connectivity index (χ1) is 7.59. The molecule has 1 rings (SSSR count). The summed E-state index contributed by atoms with van der Waals surface area (Å²) < 4.78 is 0. The summed E-state index contributed by atoms with van der Waals surface area (Å²) in [6.07, 6.45) is 4.73. The monoisotopic (exact) mass is 232 g/mol. The van der Waals surface area contributed by atoms with E-state index in [1.54, 1.807) is 6.08 Å². The van der Waals surface area contributed by atoms with Crippen LogP contribution in [0.5, 0.6) is 0 Å². The Kier molecular flexibility index (Phi) is 3.87. The predicted octanol–water partition coefficient (Wildman–Crippen LogP) is 3.84. The van der Waals surface area contributed by atoms with Crippen molar-refractivity contribution >= 4 is 5.78 Å². The van der Waals surface area contributed by atoms with Gasteiger partial charge in [0, 0.05) is 5.92 Å². The Morgan fingerprint density at radius 1 is 1.24 bits per heavy atom. The van der Waals surface area contributed by atoms with Gasteiger partial charge in [-0.15, -0.1) is 0 Å². The molecule has 0 heterocycles. The van der Waals surface area contributed by atoms with Gasteiger partial charge in [0.25, 0.3) is 0 Å². The summed E-state index contributed by atoms with van der Waals surface area (Å²) in [4.78, 5) is 11.1. The zero-order chi connectivity index (χ0) is 13.3. The third-order valence-corrected chi connectivity index (χ3v) is 3.20. The fourth-order valence-corrected chi connectivity index (χ4v) is 2.30. The van der Waals surface area contributed by atoms with Crippen LogP contribution in [0, 0.1) is 34.5 Å². The highest BCUT2D eigenvalue weighted by Gasteiger charge is 2.34. The van der Waals surface area contributed by atoms with Gasteiger partial charge in [0.15, 0.2) is 0 Å². The van der Waals surface area contributed by atoms with E-state index in [0.29, 0.717) is 5.92 Å². The van der Waals surface area contributed by atoms with Crippen molar-refractivity contribution in [3.05, 3.63) is 12.2 Å². The molecule has 0 aliphatic heterocycles. The maximum Gasteiger partial charge on any atom is 0.228 e. The van der Waals surface area contributed by atoms with Gasteiger partial charge in [-0.05, 0) is 35.2 Å². The molecule has 2 atom stereocenters. The maximum atomic E-state index is 11.1. The minimum atomic E-state index is -0.0651. The molecule has 94 valence electrons. The number of carbonyl (C=O) groups is 1. The average molecular weight is 232 g/mol. The summed E-state index contributed by atoms with van der Waals surface area (Å²) in [5.74, 6) is 6.44. The SMILES string of the molecule is CC(C)(C)CC(C1C#CC(=O)C=C1)C(C)(C)C. The second-order valence-corrected chi connectivity index (χ2v) is 7.26. The molecule has 1 heteroatoms. The normalized spacial score (nSPS) is 22.0. The lowest BCUT2D eigenvalue weighted by atomic mass is 9.66. The number of carbonyl (C=O) groups excluding carboxylic acids is 1. The van der Waals surface area contributed by atoms with Crippen molar-refractivity contribution in [2.24, 2.45) is 22.7 Å². The Morgan fingerprint density at radius 3 is 2.18 bits per heavy atom. The van der Waals surface area contributed by atoms with Crippen LogP contribution in [0.1, 0.15) is 48.0 Å². The summed E-state index contributed by atoms with van der Waals surface area (Å²) in [5.41, 5.74) is 0.492. The molecule has 0 spiro atoms. The molecule has 17 heavy (non-hydrogen) atoms. The van der Waals surface area contributed by atoms with E-state index in [4.69, 9.17) is 0 Å². The summed E-state index contributed by atoms with van der Waals surface area (Å²) in [6, 6.07) is 0. The van der Waals surface area contributed by atoms with Crippen molar-refractivity contribution in [3.63, 3.8) is 0 Å². The van der Waals surface area contributed by atoms with E-state index in [0.717, 1.165) is 6.42 Å². The van der Waals surface area contributed by atoms with Gasteiger partial charge in [-0.1, -0.05) is 53.5 Å². The van der Waals surface area contributed by atoms with Crippen molar-refractivity contribution in [3.8, 4) is 11.8 Å². The molecular weight excluding hydrogens is 208 g/mol. The third-order valence-electron chi connectivity index (χ3n) is 3.20. The van der Waals surface area contributed by atoms with E-state index in [1.807, 2.05) is 6.08 Å². The highest BCUT2D eigenvalue weighted by Crippen LogP contribution is 2.41. The van der Waals surface area contributed by atoms with Gasteiger partial charge >= 0.3 is 0 Å². The molecule has 0 radical (unpaired) electrons. The standard InChI is InChI=1S/C16H24O/c1-15(2,3)11-14(16(4,5)6)12-7-9-13(17)10-8-12/h7,9,12,14H,11H2,1-6H3. The fraction of sp³-hybridized carbons (Fsp3) is 0.688. The molecule has 1 aliphatic rings. The number of hydrogen-bond acceptors (Lipinski definition) is 1. The first-order valence-electron chi connectivity index (χ1n) is 6.33. The molecule has 1 nitrogen and oxygen atoms in total. The first-order valence-corrected chi connectivity index (χ1v) is 6.33. The van der Waals surface area contributed by atoms with E-state index in [9.17, 15) is 4.79 Å². The van der Waals surface area contributed by atoms with Gasteiger partial charge < -0.3 is 0 Å². The number of allylic oxidation sites excluding steroid dienone is 2. The molecule has 0 N–H and O–H groups in total. The molecule has 0 aromatic rings. The van der Waals surface area contributed by atoms with E-state index < -0.39 is 0 Å². The molecular formula is C16H24O. The minimum absolute atomic E-state index is 0.0651. The second kappa shape index (κ2) is 4.69. The second-order valence-electron chi connectivity index (χ2n) is 7.26. The quantitative estimate of drug-likeness (QED) is 0.522. The van der Waals surface area contributed by atoms with Gasteiger partial charge in [0.1, 0.15) is 0 Å². The van der Waals surface area contributed by atoms with Gasteiger partial charge in [0.2, 0.25) is 5.78 Å². The highest BCUT2D eigenvalue weighted by atomic mass is 16.1. The zero-order valence-corrected chi connectivity index (χ0v) is 11.9. The lowest BCUT2D eigenvalue weighted by Gasteiger charge is -2.38. The van der Waals surface area contributed by atoms with Gasteiger partial charge in [-0.3, -0.25) is 4.79 Å². The molecule has 0 fully saturated rings. The van der Waals surface area contributed by atoms with Crippen molar-refractivity contribution in [2.75, 3.05) is 0 Å². The van der Waals surface area contributed by atoms with E-state index in [-0.39, 0.29) is 22.5 Å². The van der Waals surface area contributed by atoms with E-state index >= 15 is 0 Å². The van der Waals surface area contributed by atoms with Crippen LogP contribution < -0.4 is 0 Å². The van der Waals surface area contributed by atoms with Gasteiger partial charge in [-0.25, -0.2) is 0 Å². The number of rotatable bonds is 2. The summed E-state index contributed by atoms with van der Waals surface area (Å²) in [5, 5.41) is 0. The summed E-state index contributed by atoms with van der Waals surface area (Å²) in [6.45, 7) is 13.6. The molecule has 2 unspecified atom stereocenters. The van der Waals surface area contributed by atoms with Crippen LogP contribution in [0.15, 0.2) is 12.2 Å². The van der Waals surface area contributed by atoms with Crippen LogP contribution in [-0.2, 0) is 4.79 Å². The lowest BCUT2D eigenvalue weighted by molar-refractivity contribution is -0.109. The largest absolute Gasteiger partial charge is 0.280 e. The molecule has 0 saturated carbocycles. The topological polar surface area (TPSA) is 17.1 Å². The minimum Gasteiger partial charge on any atom is -0.280 e. The first kappa shape index (κ1) is 14.0. The summed E-state index contributed by atoms with van der Waals surface area (Å²) >= 11 is 0. The number of hydrogen-bond donors (Lipinski definition) is 0. The van der Waals surface area contributed by atoms with Crippen LogP contribution in [0.4, 0.5) is 0 Å². The highest BCUT2D eigenvalue weighted by molar-refractivity contribution is 6.05. The zero-order valence-electron chi connectivity index (χ0n) is 11.9. The maximum absolute atomic E-state index is 11.1. The molecule has 0 aromatic carbocycles. The van der Waals surface area contributed by atoms with Crippen LogP contribution in [-0.4, -0.2) is 5.78 Å². The summed E-state index contributed by atoms with van der Waals surface area (Å²) in [7, 11) is 0. The Labute approximate surface area is 106 Å². The van der Waals surface area contributed by atoms with E-state index in [1.165, 1.54) is 0 Å². The molecule has 0 aromatic heterocycles. The van der Waals surface area contributed by atoms with Crippen molar-refractivity contribution in [1.29, 1.82) is 0 Å². The van der Waals surface area contributed by atoms with Gasteiger partial charge in [-0.2, -0.15) is 0 Å². The van der Waals surface area contributed by atoms with Crippen LogP contribution in [0.3, 0.4) is 0 Å². The fourth-order valence-electron chi connectivity index (χ4n) is 2.30. The van der Waals surface area contributed by atoms with Gasteiger partial charge in [0.05, 0.1) is 0 Å². The smallest absolute Gasteiger partial charge is 0.228 e. The Balaban J connectivity index is 2.93. The molecule has 0 saturated heterocycles. The average Bonchev–Trinajstić information content (AvgIpc) is 2.13. The van der Waals surface area contributed by atoms with Crippen molar-refractivity contribution in [1.82, 2.24) is 0 Å². The Hall–Kier alpha value is -1.03. The van der Waals surface area contributed by atoms with Crippen LogP contribution in [0.25, 0.3) is 0 Å². The third kappa shape index (κ3) is 4.38.